The van der Waals surface area contributed by atoms with E-state index in [9.17, 15) is 18.3 Å². The fourth-order valence-corrected chi connectivity index (χ4v) is 4.32. The smallest absolute Gasteiger partial charge is 0.416 e. The van der Waals surface area contributed by atoms with Gasteiger partial charge in [-0.3, -0.25) is 0 Å². The van der Waals surface area contributed by atoms with Crippen LogP contribution in [0.1, 0.15) is 35.0 Å². The van der Waals surface area contributed by atoms with E-state index in [-0.39, 0.29) is 24.3 Å². The van der Waals surface area contributed by atoms with Crippen molar-refractivity contribution in [2.75, 3.05) is 0 Å². The first-order chi connectivity index (χ1) is 14.8. The number of thiazole rings is 1. The Hall–Kier alpha value is -2.90. The number of benzene rings is 3. The van der Waals surface area contributed by atoms with Crippen molar-refractivity contribution in [3.63, 3.8) is 0 Å². The molecule has 1 unspecified atom stereocenters. The van der Waals surface area contributed by atoms with E-state index in [1.54, 1.807) is 12.3 Å². The summed E-state index contributed by atoms with van der Waals surface area (Å²) in [6.07, 6.45) is -2.88. The molecule has 0 saturated carbocycles. The summed E-state index contributed by atoms with van der Waals surface area (Å²) in [4.78, 5) is 4.13. The molecule has 1 N–H and O–H groups in total. The molecule has 1 atom stereocenters. The minimum atomic E-state index is -4.57. The second-order valence-electron chi connectivity index (χ2n) is 7.27. The molecule has 1 aromatic heterocycles. The third-order valence-corrected chi connectivity index (χ3v) is 6.15. The average molecular weight is 443 g/mol. The van der Waals surface area contributed by atoms with Gasteiger partial charge in [0.05, 0.1) is 5.56 Å². The highest BCUT2D eigenvalue weighted by Crippen LogP contribution is 2.40. The van der Waals surface area contributed by atoms with Crippen molar-refractivity contribution in [2.24, 2.45) is 0 Å². The first-order valence-corrected chi connectivity index (χ1v) is 10.6. The van der Waals surface area contributed by atoms with Crippen LogP contribution in [0.3, 0.4) is 0 Å². The van der Waals surface area contributed by atoms with Crippen LogP contribution in [0.5, 0.6) is 5.75 Å². The average Bonchev–Trinajstić information content (AvgIpc) is 3.32. The van der Waals surface area contributed by atoms with Crippen LogP contribution >= 0.6 is 11.3 Å². The molecular formula is C24H20F3NO2S. The fourth-order valence-electron chi connectivity index (χ4n) is 3.49. The van der Waals surface area contributed by atoms with Gasteiger partial charge >= 0.3 is 6.18 Å². The van der Waals surface area contributed by atoms with Crippen molar-refractivity contribution < 1.29 is 23.0 Å². The zero-order valence-corrected chi connectivity index (χ0v) is 17.5. The fraction of sp³-hybridized carbons (Fsp3) is 0.208. The molecule has 0 amide bonds. The predicted octanol–water partition coefficient (Wildman–Crippen LogP) is 6.54. The Morgan fingerprint density at radius 2 is 1.71 bits per heavy atom. The normalized spacial score (nSPS) is 13.8. The van der Waals surface area contributed by atoms with Crippen molar-refractivity contribution in [3.8, 4) is 5.75 Å². The Bertz CT molecular complexity index is 1190. The number of hydrogen-bond acceptors (Lipinski definition) is 4. The zero-order valence-electron chi connectivity index (χ0n) is 16.7. The molecule has 0 aliphatic rings. The predicted molar refractivity (Wildman–Crippen MR) is 115 cm³/mol. The van der Waals surface area contributed by atoms with E-state index in [0.717, 1.165) is 28.5 Å². The Balaban J connectivity index is 1.68. The third kappa shape index (κ3) is 4.43. The Kier molecular flexibility index (Phi) is 5.73. The van der Waals surface area contributed by atoms with Gasteiger partial charge in [-0.1, -0.05) is 43.3 Å². The summed E-state index contributed by atoms with van der Waals surface area (Å²) in [6, 6.07) is 17.0. The number of nitrogens with zero attached hydrogens (tertiary/aromatic N) is 1. The number of fused-ring (bicyclic) bond motifs is 1. The van der Waals surface area contributed by atoms with Gasteiger partial charge in [0.2, 0.25) is 0 Å². The highest BCUT2D eigenvalue weighted by atomic mass is 32.1. The molecule has 0 radical (unpaired) electrons. The van der Waals surface area contributed by atoms with Gasteiger partial charge in [-0.2, -0.15) is 13.2 Å². The lowest BCUT2D eigenvalue weighted by atomic mass is 9.90. The van der Waals surface area contributed by atoms with Crippen LogP contribution in [-0.4, -0.2) is 10.1 Å². The molecule has 7 heteroatoms. The van der Waals surface area contributed by atoms with Gasteiger partial charge in [-0.25, -0.2) is 4.98 Å². The van der Waals surface area contributed by atoms with Gasteiger partial charge in [0.1, 0.15) is 23.0 Å². The number of hydrogen-bond donors (Lipinski definition) is 1. The summed E-state index contributed by atoms with van der Waals surface area (Å²) in [7, 11) is 0. The van der Waals surface area contributed by atoms with Crippen LogP contribution in [-0.2, 0) is 18.4 Å². The van der Waals surface area contributed by atoms with E-state index in [1.165, 1.54) is 23.6 Å². The van der Waals surface area contributed by atoms with Gasteiger partial charge in [0, 0.05) is 11.6 Å². The summed E-state index contributed by atoms with van der Waals surface area (Å²) in [5, 5.41) is 15.3. The molecule has 0 saturated heterocycles. The Labute approximate surface area is 181 Å². The van der Waals surface area contributed by atoms with Gasteiger partial charge in [0.25, 0.3) is 0 Å². The van der Waals surface area contributed by atoms with Crippen LogP contribution in [0, 0.1) is 0 Å². The number of aliphatic hydroxyl groups is 1. The first-order valence-electron chi connectivity index (χ1n) is 9.75. The van der Waals surface area contributed by atoms with E-state index in [0.29, 0.717) is 5.01 Å². The second-order valence-corrected chi connectivity index (χ2v) is 8.16. The van der Waals surface area contributed by atoms with Crippen LogP contribution in [0.4, 0.5) is 13.2 Å². The lowest BCUT2D eigenvalue weighted by molar-refractivity contribution is -0.137. The van der Waals surface area contributed by atoms with E-state index in [4.69, 9.17) is 4.74 Å². The standard InChI is InChI=1S/C24H20F3NO2S/c1-2-23(29,22-28-9-10-31-22)19-12-20(24(25,26)27)14-21(13-19)30-15-16-7-8-17-5-3-4-6-18(17)11-16/h3-14,29H,2,15H2,1H3. The highest BCUT2D eigenvalue weighted by molar-refractivity contribution is 7.09. The van der Waals surface area contributed by atoms with E-state index in [1.807, 2.05) is 42.5 Å². The van der Waals surface area contributed by atoms with Crippen LogP contribution in [0.15, 0.2) is 72.2 Å². The number of rotatable bonds is 6. The molecule has 0 aliphatic heterocycles. The van der Waals surface area contributed by atoms with Gasteiger partial charge in [0.15, 0.2) is 0 Å². The quantitative estimate of drug-likeness (QED) is 0.368. The summed E-state index contributed by atoms with van der Waals surface area (Å²) < 4.78 is 46.5. The molecule has 4 aromatic rings. The molecule has 0 aliphatic carbocycles. The summed E-state index contributed by atoms with van der Waals surface area (Å²) in [5.74, 6) is 0.0430. The molecule has 0 fully saturated rings. The monoisotopic (exact) mass is 443 g/mol. The molecular weight excluding hydrogens is 423 g/mol. The molecule has 0 bridgehead atoms. The molecule has 0 spiro atoms. The molecule has 1 heterocycles. The van der Waals surface area contributed by atoms with Crippen molar-refractivity contribution in [1.82, 2.24) is 4.98 Å². The summed E-state index contributed by atoms with van der Waals surface area (Å²) >= 11 is 1.20. The SMILES string of the molecule is CCC(O)(c1cc(OCc2ccc3ccccc3c2)cc(C(F)(F)F)c1)c1nccs1. The van der Waals surface area contributed by atoms with Crippen LogP contribution in [0.25, 0.3) is 10.8 Å². The largest absolute Gasteiger partial charge is 0.489 e. The number of alkyl halides is 3. The number of ether oxygens (including phenoxy) is 1. The van der Waals surface area contributed by atoms with Crippen molar-refractivity contribution >= 4 is 22.1 Å². The van der Waals surface area contributed by atoms with Gasteiger partial charge in [-0.05, 0) is 52.6 Å². The van der Waals surface area contributed by atoms with Crippen molar-refractivity contribution in [3.05, 3.63) is 93.9 Å². The minimum Gasteiger partial charge on any atom is -0.489 e. The second kappa shape index (κ2) is 8.32. The molecule has 3 aromatic carbocycles. The zero-order chi connectivity index (χ0) is 22.1. The van der Waals surface area contributed by atoms with Crippen molar-refractivity contribution in [1.29, 1.82) is 0 Å². The lowest BCUT2D eigenvalue weighted by Gasteiger charge is -2.26. The molecule has 3 nitrogen and oxygen atoms in total. The van der Waals surface area contributed by atoms with Gasteiger partial charge in [-0.15, -0.1) is 11.3 Å². The Morgan fingerprint density at radius 1 is 0.968 bits per heavy atom. The summed E-state index contributed by atoms with van der Waals surface area (Å²) in [5.41, 5.74) is -1.56. The van der Waals surface area contributed by atoms with E-state index in [2.05, 4.69) is 4.98 Å². The molecule has 4 rings (SSSR count). The number of halogens is 3. The number of aromatic nitrogens is 1. The maximum atomic E-state index is 13.6. The van der Waals surface area contributed by atoms with Crippen LogP contribution in [0.2, 0.25) is 0 Å². The van der Waals surface area contributed by atoms with E-state index < -0.39 is 17.3 Å². The minimum absolute atomic E-state index is 0.0430. The first kappa shape index (κ1) is 21.3. The maximum absolute atomic E-state index is 13.6. The topological polar surface area (TPSA) is 42.4 Å². The maximum Gasteiger partial charge on any atom is 0.416 e. The van der Waals surface area contributed by atoms with E-state index >= 15 is 0 Å². The highest BCUT2D eigenvalue weighted by Gasteiger charge is 2.37. The summed E-state index contributed by atoms with van der Waals surface area (Å²) in [6.45, 7) is 1.81. The molecule has 160 valence electrons. The van der Waals surface area contributed by atoms with Crippen molar-refractivity contribution in [2.45, 2.75) is 31.7 Å². The lowest BCUT2D eigenvalue weighted by Crippen LogP contribution is -2.27. The molecule has 31 heavy (non-hydrogen) atoms. The van der Waals surface area contributed by atoms with Crippen LogP contribution < -0.4 is 4.74 Å². The Morgan fingerprint density at radius 3 is 2.39 bits per heavy atom. The van der Waals surface area contributed by atoms with Gasteiger partial charge < -0.3 is 9.84 Å². The third-order valence-electron chi connectivity index (χ3n) is 5.23.